The molecule has 1 aromatic rings. The molecule has 0 N–H and O–H groups in total. The molecule has 0 bridgehead atoms. The van der Waals surface area contributed by atoms with Crippen molar-refractivity contribution < 1.29 is 9.59 Å². The third-order valence-corrected chi connectivity index (χ3v) is 3.37. The summed E-state index contributed by atoms with van der Waals surface area (Å²) in [7, 11) is 0. The first kappa shape index (κ1) is 13.7. The summed E-state index contributed by atoms with van der Waals surface area (Å²) in [5, 5.41) is 0. The van der Waals surface area contributed by atoms with Crippen LogP contribution in [0, 0.1) is 18.3 Å². The lowest BCUT2D eigenvalue weighted by molar-refractivity contribution is -0.136. The molecular formula is C16H19NO2. The van der Waals surface area contributed by atoms with Gasteiger partial charge in [-0.15, -0.1) is 0 Å². The van der Waals surface area contributed by atoms with E-state index in [0.29, 0.717) is 12.8 Å². The van der Waals surface area contributed by atoms with Gasteiger partial charge in [0.2, 0.25) is 0 Å². The average molecular weight is 257 g/mol. The summed E-state index contributed by atoms with van der Waals surface area (Å²) < 4.78 is 0. The van der Waals surface area contributed by atoms with Gasteiger partial charge in [-0.25, -0.2) is 0 Å². The van der Waals surface area contributed by atoms with E-state index in [0.717, 1.165) is 11.3 Å². The predicted octanol–water partition coefficient (Wildman–Crippen LogP) is 3.27. The Morgan fingerprint density at radius 1 is 1.21 bits per heavy atom. The molecule has 1 aliphatic rings. The molecular weight excluding hydrogens is 238 g/mol. The first-order valence-electron chi connectivity index (χ1n) is 6.54. The molecule has 1 aliphatic carbocycles. The Kier molecular flexibility index (Phi) is 3.65. The average Bonchev–Trinajstić information content (AvgIpc) is 2.26. The Balaban J connectivity index is 2.15. The molecule has 19 heavy (non-hydrogen) atoms. The van der Waals surface area contributed by atoms with Gasteiger partial charge in [0.15, 0.2) is 0 Å². The zero-order valence-electron chi connectivity index (χ0n) is 11.6. The summed E-state index contributed by atoms with van der Waals surface area (Å²) in [5.41, 5.74) is 1.68. The van der Waals surface area contributed by atoms with Crippen LogP contribution in [-0.4, -0.2) is 17.8 Å². The summed E-state index contributed by atoms with van der Waals surface area (Å²) in [6.07, 6.45) is 2.40. The van der Waals surface area contributed by atoms with Gasteiger partial charge < -0.3 is 0 Å². The van der Waals surface area contributed by atoms with Crippen molar-refractivity contribution in [3.63, 3.8) is 0 Å². The second-order valence-corrected chi connectivity index (χ2v) is 6.05. The van der Waals surface area contributed by atoms with Crippen LogP contribution in [0.1, 0.15) is 32.3 Å². The maximum atomic E-state index is 12.0. The van der Waals surface area contributed by atoms with E-state index in [1.807, 2.05) is 45.0 Å². The van der Waals surface area contributed by atoms with Gasteiger partial charge in [-0.1, -0.05) is 26.0 Å². The molecule has 3 nitrogen and oxygen atoms in total. The van der Waals surface area contributed by atoms with E-state index in [9.17, 15) is 9.59 Å². The van der Waals surface area contributed by atoms with Gasteiger partial charge in [-0.3, -0.25) is 14.6 Å². The number of nitrogens with zero attached hydrogens (tertiary/aromatic N) is 1. The molecule has 0 saturated heterocycles. The number of ketones is 2. The Bertz CT molecular complexity index is 523. The second kappa shape index (κ2) is 5.08. The number of benzene rings is 1. The molecule has 0 aliphatic heterocycles. The summed E-state index contributed by atoms with van der Waals surface area (Å²) in [6, 6.07) is 7.69. The molecule has 0 spiro atoms. The summed E-state index contributed by atoms with van der Waals surface area (Å²) in [4.78, 5) is 28.3. The van der Waals surface area contributed by atoms with Crippen LogP contribution in [-0.2, 0) is 9.59 Å². The molecule has 0 amide bonds. The van der Waals surface area contributed by atoms with Gasteiger partial charge in [-0.2, -0.15) is 0 Å². The topological polar surface area (TPSA) is 46.5 Å². The Hall–Kier alpha value is -1.77. The zero-order chi connectivity index (χ0) is 14.0. The van der Waals surface area contributed by atoms with Crippen LogP contribution in [0.15, 0.2) is 29.3 Å². The van der Waals surface area contributed by atoms with Crippen molar-refractivity contribution in [3.8, 4) is 0 Å². The molecule has 1 fully saturated rings. The van der Waals surface area contributed by atoms with Crippen molar-refractivity contribution in [2.45, 2.75) is 33.6 Å². The second-order valence-electron chi connectivity index (χ2n) is 6.05. The zero-order valence-corrected chi connectivity index (χ0v) is 11.6. The molecule has 0 atom stereocenters. The molecule has 2 rings (SSSR count). The molecule has 0 heterocycles. The number of aliphatic imine (C=N–C) groups is 1. The van der Waals surface area contributed by atoms with Gasteiger partial charge in [-0.05, 0) is 30.0 Å². The summed E-state index contributed by atoms with van der Waals surface area (Å²) >= 11 is 0. The van der Waals surface area contributed by atoms with E-state index in [-0.39, 0.29) is 17.0 Å². The quantitative estimate of drug-likeness (QED) is 0.603. The highest BCUT2D eigenvalue weighted by molar-refractivity contribution is 6.16. The van der Waals surface area contributed by atoms with Crippen LogP contribution in [0.3, 0.4) is 0 Å². The van der Waals surface area contributed by atoms with Gasteiger partial charge in [0.1, 0.15) is 17.5 Å². The van der Waals surface area contributed by atoms with Crippen LogP contribution in [0.5, 0.6) is 0 Å². The van der Waals surface area contributed by atoms with Crippen LogP contribution in [0.25, 0.3) is 0 Å². The first-order valence-corrected chi connectivity index (χ1v) is 6.54. The highest BCUT2D eigenvalue weighted by Gasteiger charge is 2.38. The highest BCUT2D eigenvalue weighted by atomic mass is 16.2. The minimum atomic E-state index is -0.659. The molecule has 3 heteroatoms. The number of carbonyl (C=O) groups is 2. The van der Waals surface area contributed by atoms with Crippen molar-refractivity contribution in [2.24, 2.45) is 16.3 Å². The van der Waals surface area contributed by atoms with Gasteiger partial charge in [0.25, 0.3) is 0 Å². The Morgan fingerprint density at radius 2 is 1.84 bits per heavy atom. The molecule has 0 unspecified atom stereocenters. The van der Waals surface area contributed by atoms with Crippen LogP contribution in [0.2, 0.25) is 0 Å². The minimum absolute atomic E-state index is 0.0161. The smallest absolute Gasteiger partial charge is 0.149 e. The monoisotopic (exact) mass is 257 g/mol. The lowest BCUT2D eigenvalue weighted by Gasteiger charge is -2.30. The van der Waals surface area contributed by atoms with Crippen molar-refractivity contribution in [1.29, 1.82) is 0 Å². The van der Waals surface area contributed by atoms with E-state index in [4.69, 9.17) is 0 Å². The van der Waals surface area contributed by atoms with Crippen molar-refractivity contribution in [1.82, 2.24) is 0 Å². The van der Waals surface area contributed by atoms with E-state index in [2.05, 4.69) is 4.99 Å². The van der Waals surface area contributed by atoms with E-state index >= 15 is 0 Å². The normalized spacial score (nSPS) is 20.2. The minimum Gasteiger partial charge on any atom is -0.298 e. The number of aryl methyl sites for hydroxylation is 1. The third-order valence-electron chi connectivity index (χ3n) is 3.37. The number of hydrogen-bond donors (Lipinski definition) is 0. The number of hydrogen-bond acceptors (Lipinski definition) is 3. The van der Waals surface area contributed by atoms with Crippen molar-refractivity contribution >= 4 is 23.5 Å². The maximum Gasteiger partial charge on any atom is 0.149 e. The van der Waals surface area contributed by atoms with E-state index in [1.54, 1.807) is 0 Å². The number of Topliss-reactive ketones (excluding diaryl/α,β-unsaturated/α-hetero) is 2. The van der Waals surface area contributed by atoms with Crippen LogP contribution < -0.4 is 0 Å². The van der Waals surface area contributed by atoms with Gasteiger partial charge in [0.05, 0.1) is 5.69 Å². The van der Waals surface area contributed by atoms with Crippen LogP contribution in [0.4, 0.5) is 5.69 Å². The SMILES string of the molecule is Cc1cccc(N=CC2C(=O)CC(C)(C)CC2=O)c1. The maximum absolute atomic E-state index is 12.0. The summed E-state index contributed by atoms with van der Waals surface area (Å²) in [5.74, 6) is -0.691. The molecule has 0 aromatic heterocycles. The van der Waals surface area contributed by atoms with E-state index in [1.165, 1.54) is 6.21 Å². The fourth-order valence-electron chi connectivity index (χ4n) is 2.44. The van der Waals surface area contributed by atoms with Crippen molar-refractivity contribution in [2.75, 3.05) is 0 Å². The predicted molar refractivity (Wildman–Crippen MR) is 75.9 cm³/mol. The van der Waals surface area contributed by atoms with Crippen molar-refractivity contribution in [3.05, 3.63) is 29.8 Å². The van der Waals surface area contributed by atoms with Gasteiger partial charge in [0, 0.05) is 19.1 Å². The molecule has 0 radical (unpaired) electrons. The molecule has 100 valence electrons. The lowest BCUT2D eigenvalue weighted by Crippen LogP contribution is -2.38. The Labute approximate surface area is 113 Å². The largest absolute Gasteiger partial charge is 0.298 e. The molecule has 1 aromatic carbocycles. The number of carbonyl (C=O) groups excluding carboxylic acids is 2. The van der Waals surface area contributed by atoms with Crippen LogP contribution >= 0.6 is 0 Å². The Morgan fingerprint density at radius 3 is 2.42 bits per heavy atom. The third kappa shape index (κ3) is 3.37. The highest BCUT2D eigenvalue weighted by Crippen LogP contribution is 2.33. The van der Waals surface area contributed by atoms with Gasteiger partial charge >= 0.3 is 0 Å². The number of rotatable bonds is 2. The fraction of sp³-hybridized carbons (Fsp3) is 0.438. The fourth-order valence-corrected chi connectivity index (χ4v) is 2.44. The molecule has 1 saturated carbocycles. The summed E-state index contributed by atoms with van der Waals surface area (Å²) in [6.45, 7) is 5.89. The van der Waals surface area contributed by atoms with E-state index < -0.39 is 5.92 Å². The first-order chi connectivity index (χ1) is 8.87. The lowest BCUT2D eigenvalue weighted by atomic mass is 9.72. The standard InChI is InChI=1S/C16H19NO2/c1-11-5-4-6-12(7-11)17-10-13-14(18)8-16(2,3)9-15(13)19/h4-7,10,13H,8-9H2,1-3H3.